The molecule has 0 aromatic carbocycles. The van der Waals surface area contributed by atoms with Gasteiger partial charge in [0.2, 0.25) is 5.91 Å². The minimum absolute atomic E-state index is 0.0100. The maximum atomic E-state index is 12.9. The summed E-state index contributed by atoms with van der Waals surface area (Å²) in [6.07, 6.45) is 57.5. The number of hydrogen-bond donors (Lipinski definition) is 2. The largest absolute Gasteiger partial charge is 0.756 e. The zero-order chi connectivity index (χ0) is 45.7. The Morgan fingerprint density at radius 3 is 1.31 bits per heavy atom. The summed E-state index contributed by atoms with van der Waals surface area (Å²) in [7, 11) is 1.23. The van der Waals surface area contributed by atoms with Gasteiger partial charge >= 0.3 is 0 Å². The number of carbonyl (C=O) groups excluding carboxylic acids is 1. The van der Waals surface area contributed by atoms with Crippen LogP contribution < -0.4 is 10.2 Å². The van der Waals surface area contributed by atoms with E-state index in [0.29, 0.717) is 17.4 Å². The predicted molar refractivity (Wildman–Crippen MR) is 265 cm³/mol. The maximum Gasteiger partial charge on any atom is 0.268 e. The number of aliphatic hydroxyl groups is 1. The van der Waals surface area contributed by atoms with Gasteiger partial charge in [-0.3, -0.25) is 9.36 Å². The van der Waals surface area contributed by atoms with Gasteiger partial charge < -0.3 is 28.8 Å². The molecule has 0 fully saturated rings. The molecule has 0 aliphatic heterocycles. The summed E-state index contributed by atoms with van der Waals surface area (Å²) >= 11 is 0. The lowest BCUT2D eigenvalue weighted by atomic mass is 10.0. The normalized spacial score (nSPS) is 14.5. The Balaban J connectivity index is 4.27. The van der Waals surface area contributed by atoms with Crippen LogP contribution in [0, 0.1) is 0 Å². The van der Waals surface area contributed by atoms with Gasteiger partial charge in [0.15, 0.2) is 0 Å². The highest BCUT2D eigenvalue weighted by atomic mass is 31.2. The maximum absolute atomic E-state index is 12.9. The van der Waals surface area contributed by atoms with E-state index in [1.165, 1.54) is 167 Å². The van der Waals surface area contributed by atoms with E-state index in [2.05, 4.69) is 55.6 Å². The first-order chi connectivity index (χ1) is 30.0. The molecule has 3 unspecified atom stereocenters. The number of unbranched alkanes of at least 4 members (excludes halogenated alkanes) is 28. The zero-order valence-electron chi connectivity index (χ0n) is 41.3. The minimum Gasteiger partial charge on any atom is -0.756 e. The van der Waals surface area contributed by atoms with Crippen LogP contribution in [-0.2, 0) is 18.4 Å². The lowest BCUT2D eigenvalue weighted by molar-refractivity contribution is -0.870. The summed E-state index contributed by atoms with van der Waals surface area (Å²) in [6.45, 7) is 4.61. The third kappa shape index (κ3) is 46.5. The van der Waals surface area contributed by atoms with E-state index in [1.54, 1.807) is 6.08 Å². The second-order valence-electron chi connectivity index (χ2n) is 18.9. The third-order valence-corrected chi connectivity index (χ3v) is 12.5. The number of hydrogen-bond acceptors (Lipinski definition) is 6. The molecule has 0 aliphatic rings. The van der Waals surface area contributed by atoms with Crippen molar-refractivity contribution >= 4 is 13.7 Å². The molecular formula is C53H101N2O6P. The molecule has 0 bridgehead atoms. The van der Waals surface area contributed by atoms with E-state index in [4.69, 9.17) is 9.05 Å². The van der Waals surface area contributed by atoms with Crippen molar-refractivity contribution in [1.82, 2.24) is 5.32 Å². The van der Waals surface area contributed by atoms with Gasteiger partial charge in [0.1, 0.15) is 13.2 Å². The highest BCUT2D eigenvalue weighted by Crippen LogP contribution is 2.38. The number of allylic oxidation sites excluding steroid dienone is 7. The van der Waals surface area contributed by atoms with Crippen LogP contribution in [0.4, 0.5) is 0 Å². The highest BCUT2D eigenvalue weighted by Gasteiger charge is 2.23. The SMILES string of the molecule is CCCCCCC/C=C/CC/C=C/CC/C=C/C(O)C(COP(=O)([O-])OCC[N+](C)(C)C)NC(=O)CCCCCCCCCCC/C=C\CCCCCCCCCCCCCC. The van der Waals surface area contributed by atoms with Gasteiger partial charge in [0, 0.05) is 6.42 Å². The first kappa shape index (κ1) is 60.5. The van der Waals surface area contributed by atoms with Gasteiger partial charge in [0.05, 0.1) is 39.9 Å². The van der Waals surface area contributed by atoms with Crippen molar-refractivity contribution in [3.8, 4) is 0 Å². The number of quaternary nitrogens is 1. The third-order valence-electron chi connectivity index (χ3n) is 11.5. The molecule has 62 heavy (non-hydrogen) atoms. The van der Waals surface area contributed by atoms with Crippen molar-refractivity contribution in [1.29, 1.82) is 0 Å². The van der Waals surface area contributed by atoms with Gasteiger partial charge in [-0.2, -0.15) is 0 Å². The van der Waals surface area contributed by atoms with Gasteiger partial charge in [-0.05, 0) is 70.6 Å². The van der Waals surface area contributed by atoms with Crippen molar-refractivity contribution in [3.05, 3.63) is 48.6 Å². The summed E-state index contributed by atoms with van der Waals surface area (Å²) in [6, 6.07) is -0.910. The molecule has 0 saturated heterocycles. The van der Waals surface area contributed by atoms with Crippen molar-refractivity contribution in [2.24, 2.45) is 0 Å². The number of carbonyl (C=O) groups is 1. The molecule has 0 radical (unpaired) electrons. The molecule has 0 saturated carbocycles. The molecule has 0 aliphatic carbocycles. The molecule has 0 aromatic rings. The minimum atomic E-state index is -4.60. The average molecular weight is 893 g/mol. The summed E-state index contributed by atoms with van der Waals surface area (Å²) < 4.78 is 23.2. The Kier molecular flexibility index (Phi) is 43.5. The van der Waals surface area contributed by atoms with E-state index in [1.807, 2.05) is 27.2 Å². The second-order valence-corrected chi connectivity index (χ2v) is 20.3. The van der Waals surface area contributed by atoms with Gasteiger partial charge in [-0.25, -0.2) is 0 Å². The fourth-order valence-electron chi connectivity index (χ4n) is 7.36. The number of phosphoric acid groups is 1. The van der Waals surface area contributed by atoms with Gasteiger partial charge in [0.25, 0.3) is 7.82 Å². The Hall–Kier alpha value is -1.54. The van der Waals surface area contributed by atoms with E-state index in [0.717, 1.165) is 44.9 Å². The Labute approximate surface area is 384 Å². The van der Waals surface area contributed by atoms with Crippen molar-refractivity contribution in [3.63, 3.8) is 0 Å². The van der Waals surface area contributed by atoms with E-state index in [9.17, 15) is 19.4 Å². The number of nitrogens with zero attached hydrogens (tertiary/aromatic N) is 1. The number of amides is 1. The number of likely N-dealkylation sites (N-methyl/N-ethyl adjacent to an activating group) is 1. The quantitative estimate of drug-likeness (QED) is 0.0273. The predicted octanol–water partition coefficient (Wildman–Crippen LogP) is 14.6. The number of phosphoric ester groups is 1. The number of nitrogens with one attached hydrogen (secondary N) is 1. The molecular weight excluding hydrogens is 792 g/mol. The van der Waals surface area contributed by atoms with Crippen LogP contribution in [0.25, 0.3) is 0 Å². The van der Waals surface area contributed by atoms with Crippen LogP contribution in [0.5, 0.6) is 0 Å². The lowest BCUT2D eigenvalue weighted by Crippen LogP contribution is -2.45. The topological polar surface area (TPSA) is 108 Å². The first-order valence-corrected chi connectivity index (χ1v) is 27.5. The molecule has 0 spiro atoms. The lowest BCUT2D eigenvalue weighted by Gasteiger charge is -2.29. The summed E-state index contributed by atoms with van der Waals surface area (Å²) in [5, 5.41) is 13.8. The first-order valence-electron chi connectivity index (χ1n) is 26.0. The monoisotopic (exact) mass is 893 g/mol. The van der Waals surface area contributed by atoms with Crippen LogP contribution in [0.2, 0.25) is 0 Å². The average Bonchev–Trinajstić information content (AvgIpc) is 3.23. The second kappa shape index (κ2) is 44.7. The molecule has 364 valence electrons. The van der Waals surface area contributed by atoms with Crippen molar-refractivity contribution in [2.75, 3.05) is 40.9 Å². The smallest absolute Gasteiger partial charge is 0.268 e. The van der Waals surface area contributed by atoms with Crippen molar-refractivity contribution in [2.45, 2.75) is 244 Å². The molecule has 2 N–H and O–H groups in total. The zero-order valence-corrected chi connectivity index (χ0v) is 42.2. The molecule has 0 aromatic heterocycles. The van der Waals surface area contributed by atoms with Crippen LogP contribution in [0.1, 0.15) is 232 Å². The molecule has 9 heteroatoms. The molecule has 1 amide bonds. The fraction of sp³-hybridized carbons (Fsp3) is 0.830. The van der Waals surface area contributed by atoms with E-state index >= 15 is 0 Å². The van der Waals surface area contributed by atoms with Gasteiger partial charge in [-0.1, -0.05) is 204 Å². The summed E-state index contributed by atoms with van der Waals surface area (Å²) in [5.74, 6) is -0.214. The molecule has 8 nitrogen and oxygen atoms in total. The van der Waals surface area contributed by atoms with Crippen LogP contribution >= 0.6 is 7.82 Å². The van der Waals surface area contributed by atoms with E-state index < -0.39 is 26.6 Å². The number of rotatable bonds is 47. The van der Waals surface area contributed by atoms with Crippen LogP contribution in [-0.4, -0.2) is 68.5 Å². The Morgan fingerprint density at radius 2 is 0.903 bits per heavy atom. The van der Waals surface area contributed by atoms with Crippen molar-refractivity contribution < 1.29 is 32.9 Å². The van der Waals surface area contributed by atoms with Gasteiger partial charge in [-0.15, -0.1) is 0 Å². The molecule has 0 rings (SSSR count). The number of aliphatic hydroxyl groups excluding tert-OH is 1. The fourth-order valence-corrected chi connectivity index (χ4v) is 8.08. The highest BCUT2D eigenvalue weighted by molar-refractivity contribution is 7.45. The summed E-state index contributed by atoms with van der Waals surface area (Å²) in [4.78, 5) is 25.4. The molecule has 3 atom stereocenters. The van der Waals surface area contributed by atoms with E-state index in [-0.39, 0.29) is 12.5 Å². The van der Waals surface area contributed by atoms with Crippen LogP contribution in [0.3, 0.4) is 0 Å². The standard InChI is InChI=1S/C53H101N2O6P/c1-6-8-10-12-14-16-18-20-22-23-24-25-26-27-28-29-30-31-33-35-37-39-41-43-45-47-53(57)54-51(50-61-62(58,59)60-49-48-55(3,4)5)52(56)46-44-42-40-38-36-34-32-21-19-17-15-13-11-9-7-2/h19,21,27-28,36,38,44,46,51-52,56H,6-18,20,22-26,29-35,37,39-43,45,47-50H2,1-5H3,(H-,54,57,58,59)/b21-19+,28-27-,38-36+,46-44+. The Bertz CT molecular complexity index is 1150. The summed E-state index contributed by atoms with van der Waals surface area (Å²) in [5.41, 5.74) is 0. The molecule has 0 heterocycles. The van der Waals surface area contributed by atoms with Crippen LogP contribution in [0.15, 0.2) is 48.6 Å². The Morgan fingerprint density at radius 1 is 0.548 bits per heavy atom.